The van der Waals surface area contributed by atoms with Crippen LogP contribution in [0.25, 0.3) is 44.8 Å². The SMILES string of the molecule is C=C1C[n+]2ccc(-c3ccccc3)cc2-c2ccc(-c3ccccc3)cc2CCC2c3ccccc3-c3cc(C(C)C4CCCC4)c([Si](C)(C)C)c[n+]3C12. The number of allylic oxidation sites excluding steroid dienone is 1. The zero-order valence-corrected chi connectivity index (χ0v) is 33.6. The average molecular weight is 723 g/mol. The minimum Gasteiger partial charge on any atom is -0.194 e. The van der Waals surface area contributed by atoms with Gasteiger partial charge in [-0.2, -0.15) is 9.13 Å². The lowest BCUT2D eigenvalue weighted by Crippen LogP contribution is -2.55. The monoisotopic (exact) mass is 722 g/mol. The second-order valence-corrected chi connectivity index (χ2v) is 22.4. The van der Waals surface area contributed by atoms with Gasteiger partial charge < -0.3 is 0 Å². The van der Waals surface area contributed by atoms with Crippen LogP contribution in [0.15, 0.2) is 146 Å². The van der Waals surface area contributed by atoms with Crippen molar-refractivity contribution in [1.82, 2.24) is 0 Å². The summed E-state index contributed by atoms with van der Waals surface area (Å²) in [6.45, 7) is 16.0. The van der Waals surface area contributed by atoms with Crippen molar-refractivity contribution in [3.63, 3.8) is 0 Å². The fourth-order valence-corrected chi connectivity index (χ4v) is 11.8. The van der Waals surface area contributed by atoms with Crippen LogP contribution >= 0.6 is 0 Å². The van der Waals surface area contributed by atoms with E-state index in [-0.39, 0.29) is 6.04 Å². The molecule has 3 atom stereocenters. The molecule has 0 amide bonds. The molecule has 4 heterocycles. The molecule has 1 fully saturated rings. The highest BCUT2D eigenvalue weighted by Crippen LogP contribution is 2.46. The van der Waals surface area contributed by atoms with Crippen LogP contribution in [0.2, 0.25) is 19.6 Å². The molecule has 0 N–H and O–H groups in total. The topological polar surface area (TPSA) is 7.76 Å². The standard InChI is InChI=1S/C51H54N2Si/c1-35-33-52-29-28-41(39-20-10-7-11-21-39)31-48(52)43-26-24-40(38-18-8-6-9-19-38)30-42(43)25-27-46-44-22-14-15-23-45(44)49-32-47(36(2)37-16-12-13-17-37)50(54(3,4)5)34-53(49)51(35)46/h6-11,14-15,18-24,26,28-32,34,36-37,46,51H,1,12-13,16-17,25,27,33H2,2-5H3/q+2. The van der Waals surface area contributed by atoms with Gasteiger partial charge in [0, 0.05) is 34.5 Å². The lowest BCUT2D eigenvalue weighted by atomic mass is 9.75. The number of pyridine rings is 2. The molecule has 0 bridgehead atoms. The van der Waals surface area contributed by atoms with E-state index in [0.29, 0.717) is 11.8 Å². The van der Waals surface area contributed by atoms with Crippen LogP contribution in [0.3, 0.4) is 0 Å². The van der Waals surface area contributed by atoms with Gasteiger partial charge in [0.05, 0.1) is 19.6 Å². The van der Waals surface area contributed by atoms with Crippen LogP contribution in [0.4, 0.5) is 0 Å². The first kappa shape index (κ1) is 34.9. The summed E-state index contributed by atoms with van der Waals surface area (Å²) in [7, 11) is -1.70. The fourth-order valence-electron chi connectivity index (χ4n) is 10.1. The van der Waals surface area contributed by atoms with Crippen molar-refractivity contribution >= 4 is 13.3 Å². The van der Waals surface area contributed by atoms with Gasteiger partial charge in [-0.15, -0.1) is 0 Å². The molecule has 2 nitrogen and oxygen atoms in total. The number of hydrogen-bond donors (Lipinski definition) is 0. The van der Waals surface area contributed by atoms with Gasteiger partial charge in [-0.05, 0) is 88.6 Å². The van der Waals surface area contributed by atoms with Gasteiger partial charge >= 0.3 is 0 Å². The maximum atomic E-state index is 5.02. The third-order valence-electron chi connectivity index (χ3n) is 13.0. The van der Waals surface area contributed by atoms with Gasteiger partial charge in [0.15, 0.2) is 25.0 Å². The van der Waals surface area contributed by atoms with Crippen LogP contribution < -0.4 is 14.3 Å². The summed E-state index contributed by atoms with van der Waals surface area (Å²) < 4.78 is 5.18. The van der Waals surface area contributed by atoms with Gasteiger partial charge in [0.2, 0.25) is 11.4 Å². The zero-order valence-electron chi connectivity index (χ0n) is 32.6. The summed E-state index contributed by atoms with van der Waals surface area (Å²) in [6.07, 6.45) is 12.5. The molecule has 0 saturated heterocycles. The smallest absolute Gasteiger partial charge is 0.194 e. The Morgan fingerprint density at radius 1 is 0.667 bits per heavy atom. The number of rotatable bonds is 5. The van der Waals surface area contributed by atoms with Gasteiger partial charge in [-0.1, -0.05) is 137 Å². The molecule has 3 aliphatic rings. The molecule has 54 heavy (non-hydrogen) atoms. The number of aromatic nitrogens is 2. The molecule has 6 aromatic rings. The Kier molecular flexibility index (Phi) is 9.10. The maximum Gasteiger partial charge on any atom is 0.213 e. The third-order valence-corrected chi connectivity index (χ3v) is 15.1. The predicted octanol–water partition coefficient (Wildman–Crippen LogP) is 11.6. The molecule has 3 heteroatoms. The summed E-state index contributed by atoms with van der Waals surface area (Å²) in [6, 6.07) is 45.7. The molecule has 9 rings (SSSR count). The van der Waals surface area contributed by atoms with E-state index in [1.54, 1.807) is 10.8 Å². The fraction of sp³-hybridized carbons (Fsp3) is 0.294. The van der Waals surface area contributed by atoms with Crippen LogP contribution in [0, 0.1) is 5.92 Å². The van der Waals surface area contributed by atoms with Crippen molar-refractivity contribution in [3.05, 3.63) is 163 Å². The second-order valence-electron chi connectivity index (χ2n) is 17.4. The molecule has 3 unspecified atom stereocenters. The Morgan fingerprint density at radius 3 is 2.04 bits per heavy atom. The lowest BCUT2D eigenvalue weighted by molar-refractivity contribution is -0.722. The van der Waals surface area contributed by atoms with Gasteiger partial charge in [-0.3, -0.25) is 0 Å². The summed E-state index contributed by atoms with van der Waals surface area (Å²) in [5.41, 5.74) is 16.2. The van der Waals surface area contributed by atoms with Crippen molar-refractivity contribution in [2.75, 3.05) is 0 Å². The normalized spacial score (nSPS) is 18.9. The Hall–Kier alpha value is -4.86. The Labute approximate surface area is 323 Å². The van der Waals surface area contributed by atoms with Crippen LogP contribution in [0.5, 0.6) is 0 Å². The molecule has 270 valence electrons. The predicted molar refractivity (Wildman–Crippen MR) is 228 cm³/mol. The zero-order chi connectivity index (χ0) is 37.0. The van der Waals surface area contributed by atoms with Crippen LogP contribution in [0.1, 0.15) is 73.6 Å². The van der Waals surface area contributed by atoms with E-state index in [1.165, 1.54) is 87.2 Å². The number of nitrogens with zero attached hydrogens (tertiary/aromatic N) is 2. The van der Waals surface area contributed by atoms with Crippen LogP contribution in [-0.2, 0) is 13.0 Å². The minimum absolute atomic E-state index is 0.161. The number of hydrogen-bond acceptors (Lipinski definition) is 0. The summed E-state index contributed by atoms with van der Waals surface area (Å²) in [5, 5.41) is 1.63. The molecular weight excluding hydrogens is 669 g/mol. The van der Waals surface area contributed by atoms with E-state index in [9.17, 15) is 0 Å². The van der Waals surface area contributed by atoms with Gasteiger partial charge in [0.25, 0.3) is 0 Å². The number of fused-ring (bicyclic) bond motifs is 9. The summed E-state index contributed by atoms with van der Waals surface area (Å²) in [4.78, 5) is 0. The largest absolute Gasteiger partial charge is 0.213 e. The molecule has 2 aromatic heterocycles. The van der Waals surface area contributed by atoms with E-state index in [2.05, 4.69) is 169 Å². The van der Waals surface area contributed by atoms with E-state index in [4.69, 9.17) is 6.58 Å². The second kappa shape index (κ2) is 14.1. The highest BCUT2D eigenvalue weighted by Gasteiger charge is 2.45. The Balaban J connectivity index is 1.24. The molecule has 1 aliphatic carbocycles. The highest BCUT2D eigenvalue weighted by atomic mass is 28.3. The average Bonchev–Trinajstić information content (AvgIpc) is 3.75. The van der Waals surface area contributed by atoms with E-state index < -0.39 is 8.07 Å². The van der Waals surface area contributed by atoms with Crippen molar-refractivity contribution in [3.8, 4) is 44.8 Å². The molecule has 4 aromatic carbocycles. The third kappa shape index (κ3) is 6.31. The van der Waals surface area contributed by atoms with Crippen molar-refractivity contribution in [1.29, 1.82) is 0 Å². The van der Waals surface area contributed by atoms with Crippen molar-refractivity contribution in [2.24, 2.45) is 5.92 Å². The summed E-state index contributed by atoms with van der Waals surface area (Å²) in [5.74, 6) is 1.68. The number of benzene rings is 4. The van der Waals surface area contributed by atoms with Crippen molar-refractivity contribution < 1.29 is 9.13 Å². The molecule has 0 spiro atoms. The first-order valence-electron chi connectivity index (χ1n) is 20.4. The first-order chi connectivity index (χ1) is 26.2. The molecular formula is C51H54N2Si+2. The quantitative estimate of drug-likeness (QED) is 0.0951. The first-order valence-corrected chi connectivity index (χ1v) is 23.9. The lowest BCUT2D eigenvalue weighted by Gasteiger charge is -2.34. The Morgan fingerprint density at radius 2 is 1.33 bits per heavy atom. The van der Waals surface area contributed by atoms with Gasteiger partial charge in [0.1, 0.15) is 0 Å². The van der Waals surface area contributed by atoms with E-state index >= 15 is 0 Å². The number of aryl methyl sites for hydroxylation is 1. The molecule has 2 aliphatic heterocycles. The van der Waals surface area contributed by atoms with E-state index in [1.807, 2.05) is 0 Å². The molecule has 0 radical (unpaired) electrons. The minimum atomic E-state index is -1.70. The Bertz CT molecular complexity index is 2350. The summed E-state index contributed by atoms with van der Waals surface area (Å²) >= 11 is 0. The van der Waals surface area contributed by atoms with Crippen LogP contribution in [-0.4, -0.2) is 8.07 Å². The van der Waals surface area contributed by atoms with Gasteiger partial charge in [-0.25, -0.2) is 0 Å². The molecule has 1 saturated carbocycles. The maximum absolute atomic E-state index is 5.02. The highest BCUT2D eigenvalue weighted by molar-refractivity contribution is 6.89. The van der Waals surface area contributed by atoms with E-state index in [0.717, 1.165) is 25.3 Å². The van der Waals surface area contributed by atoms with Crippen molar-refractivity contribution in [2.45, 2.75) is 89.5 Å².